The van der Waals surface area contributed by atoms with Crippen molar-refractivity contribution in [1.29, 1.82) is 0 Å². The minimum Gasteiger partial charge on any atom is -0.292 e. The van der Waals surface area contributed by atoms with Gasteiger partial charge < -0.3 is 0 Å². The van der Waals surface area contributed by atoms with Crippen molar-refractivity contribution in [1.82, 2.24) is 4.90 Å². The van der Waals surface area contributed by atoms with Gasteiger partial charge in [-0.05, 0) is 18.3 Å². The van der Waals surface area contributed by atoms with Crippen molar-refractivity contribution in [3.05, 3.63) is 35.9 Å². The molecule has 0 aromatic heterocycles. The minimum atomic E-state index is -0.183. The van der Waals surface area contributed by atoms with Gasteiger partial charge in [-0.25, -0.2) is 0 Å². The third-order valence-electron chi connectivity index (χ3n) is 4.72. The Kier molecular flexibility index (Phi) is 3.62. The molecule has 2 fully saturated rings. The fourth-order valence-corrected chi connectivity index (χ4v) is 3.55. The van der Waals surface area contributed by atoms with Crippen LogP contribution >= 0.6 is 0 Å². The topological polar surface area (TPSA) is 54.5 Å². The summed E-state index contributed by atoms with van der Waals surface area (Å²) in [6.45, 7) is -0.127. The van der Waals surface area contributed by atoms with E-state index < -0.39 is 0 Å². The van der Waals surface area contributed by atoms with Crippen molar-refractivity contribution in [2.75, 3.05) is 6.54 Å². The molecule has 1 aromatic carbocycles. The highest BCUT2D eigenvalue weighted by atomic mass is 16.2. The number of rotatable bonds is 3. The molecule has 4 heteroatoms. The van der Waals surface area contributed by atoms with Gasteiger partial charge in [-0.3, -0.25) is 19.3 Å². The Labute approximate surface area is 124 Å². The Morgan fingerprint density at radius 3 is 2.14 bits per heavy atom. The number of carbonyl (C=O) groups is 3. The third-order valence-corrected chi connectivity index (χ3v) is 4.72. The molecule has 0 N–H and O–H groups in total. The van der Waals surface area contributed by atoms with Crippen LogP contribution in [-0.2, 0) is 9.59 Å². The van der Waals surface area contributed by atoms with Crippen LogP contribution in [0.3, 0.4) is 0 Å². The zero-order valence-corrected chi connectivity index (χ0v) is 12.0. The Morgan fingerprint density at radius 2 is 1.57 bits per heavy atom. The molecule has 1 spiro atoms. The van der Waals surface area contributed by atoms with Crippen LogP contribution in [0, 0.1) is 5.41 Å². The van der Waals surface area contributed by atoms with Crippen LogP contribution < -0.4 is 0 Å². The number of nitrogens with zero attached hydrogens (tertiary/aromatic N) is 1. The second-order valence-electron chi connectivity index (χ2n) is 6.22. The van der Waals surface area contributed by atoms with E-state index in [1.54, 1.807) is 24.3 Å². The Balaban J connectivity index is 1.70. The van der Waals surface area contributed by atoms with Gasteiger partial charge in [0.25, 0.3) is 0 Å². The first-order valence-electron chi connectivity index (χ1n) is 7.51. The van der Waals surface area contributed by atoms with E-state index in [-0.39, 0.29) is 29.6 Å². The van der Waals surface area contributed by atoms with Crippen molar-refractivity contribution in [3.63, 3.8) is 0 Å². The van der Waals surface area contributed by atoms with E-state index >= 15 is 0 Å². The number of Topliss-reactive ketones (excluding diaryl/α,β-unsaturated/α-hetero) is 1. The first kappa shape index (κ1) is 14.0. The lowest BCUT2D eigenvalue weighted by Crippen LogP contribution is -2.49. The molecule has 4 nitrogen and oxygen atoms in total. The van der Waals surface area contributed by atoms with E-state index in [9.17, 15) is 14.4 Å². The van der Waals surface area contributed by atoms with Crippen molar-refractivity contribution in [2.24, 2.45) is 5.41 Å². The van der Waals surface area contributed by atoms with E-state index in [0.29, 0.717) is 18.4 Å². The maximum atomic E-state index is 12.3. The predicted molar refractivity (Wildman–Crippen MR) is 77.6 cm³/mol. The lowest BCUT2D eigenvalue weighted by atomic mass is 9.76. The predicted octanol–water partition coefficient (Wildman–Crippen LogP) is 2.58. The van der Waals surface area contributed by atoms with Gasteiger partial charge in [-0.1, -0.05) is 43.2 Å². The molecule has 0 bridgehead atoms. The molecular formula is C17H19NO3. The largest absolute Gasteiger partial charge is 0.292 e. The molecular weight excluding hydrogens is 266 g/mol. The van der Waals surface area contributed by atoms with Gasteiger partial charge in [0, 0.05) is 18.4 Å². The molecule has 1 saturated heterocycles. The molecule has 3 rings (SSSR count). The lowest BCUT2D eigenvalue weighted by molar-refractivity contribution is -0.152. The summed E-state index contributed by atoms with van der Waals surface area (Å²) < 4.78 is 0. The Hall–Kier alpha value is -1.97. The van der Waals surface area contributed by atoms with Crippen molar-refractivity contribution < 1.29 is 14.4 Å². The molecule has 1 saturated carbocycles. The average Bonchev–Trinajstić information content (AvgIpc) is 2.91. The number of hydrogen-bond acceptors (Lipinski definition) is 3. The summed E-state index contributed by atoms with van der Waals surface area (Å²) in [5.74, 6) is -0.547. The van der Waals surface area contributed by atoms with E-state index in [1.165, 1.54) is 0 Å². The summed E-state index contributed by atoms with van der Waals surface area (Å²) in [5.41, 5.74) is 0.430. The first-order valence-corrected chi connectivity index (χ1v) is 7.51. The smallest absolute Gasteiger partial charge is 0.230 e. The maximum absolute atomic E-state index is 12.3. The Morgan fingerprint density at radius 1 is 1.00 bits per heavy atom. The normalized spacial score (nSPS) is 21.0. The first-order chi connectivity index (χ1) is 10.1. The molecule has 0 atom stereocenters. The summed E-state index contributed by atoms with van der Waals surface area (Å²) in [4.78, 5) is 37.9. The van der Waals surface area contributed by atoms with Gasteiger partial charge >= 0.3 is 0 Å². The highest BCUT2D eigenvalue weighted by molar-refractivity contribution is 6.06. The number of amides is 2. The van der Waals surface area contributed by atoms with Crippen molar-refractivity contribution >= 4 is 17.6 Å². The summed E-state index contributed by atoms with van der Waals surface area (Å²) in [5, 5.41) is 0. The highest BCUT2D eigenvalue weighted by Crippen LogP contribution is 2.46. The number of likely N-dealkylation sites (tertiary alicyclic amines) is 1. The molecule has 1 aliphatic carbocycles. The zero-order chi connectivity index (χ0) is 14.9. The second-order valence-corrected chi connectivity index (χ2v) is 6.22. The van der Waals surface area contributed by atoms with Gasteiger partial charge in [0.2, 0.25) is 11.8 Å². The van der Waals surface area contributed by atoms with Crippen LogP contribution in [0.4, 0.5) is 0 Å². The quantitative estimate of drug-likeness (QED) is 0.633. The van der Waals surface area contributed by atoms with Gasteiger partial charge in [0.15, 0.2) is 5.78 Å². The fourth-order valence-electron chi connectivity index (χ4n) is 3.55. The molecule has 0 radical (unpaired) electrons. The monoisotopic (exact) mass is 285 g/mol. The minimum absolute atomic E-state index is 0.111. The number of piperidine rings is 1. The molecule has 21 heavy (non-hydrogen) atoms. The summed E-state index contributed by atoms with van der Waals surface area (Å²) in [7, 11) is 0. The number of carbonyl (C=O) groups excluding carboxylic acids is 3. The van der Waals surface area contributed by atoms with Crippen LogP contribution in [0.15, 0.2) is 30.3 Å². The van der Waals surface area contributed by atoms with Crippen LogP contribution in [0.25, 0.3) is 0 Å². The highest BCUT2D eigenvalue weighted by Gasteiger charge is 2.45. The molecule has 2 aliphatic rings. The van der Waals surface area contributed by atoms with E-state index in [1.807, 2.05) is 6.07 Å². The lowest BCUT2D eigenvalue weighted by Gasteiger charge is -2.36. The van der Waals surface area contributed by atoms with Gasteiger partial charge in [0.1, 0.15) is 0 Å². The molecule has 1 aliphatic heterocycles. The number of benzene rings is 1. The summed E-state index contributed by atoms with van der Waals surface area (Å²) >= 11 is 0. The molecule has 1 heterocycles. The number of hydrogen-bond donors (Lipinski definition) is 0. The van der Waals surface area contributed by atoms with Gasteiger partial charge in [-0.2, -0.15) is 0 Å². The zero-order valence-electron chi connectivity index (χ0n) is 12.0. The van der Waals surface area contributed by atoms with Crippen LogP contribution in [-0.4, -0.2) is 29.0 Å². The van der Waals surface area contributed by atoms with E-state index in [4.69, 9.17) is 0 Å². The molecule has 110 valence electrons. The van der Waals surface area contributed by atoms with Gasteiger partial charge in [0.05, 0.1) is 6.54 Å². The maximum Gasteiger partial charge on any atom is 0.230 e. The van der Waals surface area contributed by atoms with E-state index in [0.717, 1.165) is 30.6 Å². The molecule has 2 amide bonds. The number of imide groups is 1. The number of ketones is 1. The second kappa shape index (κ2) is 5.43. The fraction of sp³-hybridized carbons (Fsp3) is 0.471. The molecule has 1 aromatic rings. The summed E-state index contributed by atoms with van der Waals surface area (Å²) in [6.07, 6.45) is 4.96. The summed E-state index contributed by atoms with van der Waals surface area (Å²) in [6, 6.07) is 8.80. The van der Waals surface area contributed by atoms with E-state index in [2.05, 4.69) is 0 Å². The standard InChI is InChI=1S/C17H19NO3/c19-14(13-6-2-1-3-7-13)12-18-15(20)10-17(11-16(18)21)8-4-5-9-17/h1-3,6-7H,4-5,8-12H2. The third kappa shape index (κ3) is 2.75. The average molecular weight is 285 g/mol. The van der Waals surface area contributed by atoms with Gasteiger partial charge in [-0.15, -0.1) is 0 Å². The van der Waals surface area contributed by atoms with Crippen LogP contribution in [0.5, 0.6) is 0 Å². The van der Waals surface area contributed by atoms with Crippen molar-refractivity contribution in [3.8, 4) is 0 Å². The van der Waals surface area contributed by atoms with Crippen LogP contribution in [0.1, 0.15) is 48.9 Å². The molecule has 0 unspecified atom stereocenters. The Bertz CT molecular complexity index is 553. The SMILES string of the molecule is O=C(CN1C(=O)CC2(CCCC2)CC1=O)c1ccccc1. The van der Waals surface area contributed by atoms with Crippen LogP contribution in [0.2, 0.25) is 0 Å². The van der Waals surface area contributed by atoms with Crippen molar-refractivity contribution in [2.45, 2.75) is 38.5 Å².